The first-order chi connectivity index (χ1) is 6.43. The van der Waals surface area contributed by atoms with Gasteiger partial charge in [0.25, 0.3) is 0 Å². The van der Waals surface area contributed by atoms with Crippen LogP contribution in [0.25, 0.3) is 0 Å². The lowest BCUT2D eigenvalue weighted by Crippen LogP contribution is -2.40. The number of rotatable bonds is 3. The molecule has 0 bridgehead atoms. The maximum atomic E-state index is 10.5. The number of carboxylic acids is 1. The van der Waals surface area contributed by atoms with Gasteiger partial charge in [-0.05, 0) is 18.2 Å². The molecule has 0 heterocycles. The summed E-state index contributed by atoms with van der Waals surface area (Å²) >= 11 is 0. The fourth-order valence-electron chi connectivity index (χ4n) is 1.28. The Labute approximate surface area is 81.2 Å². The Bertz CT molecular complexity index is 297. The fraction of sp³-hybridized carbons (Fsp3) is 0.444. The number of carbonyl (C=O) groups is 1. The summed E-state index contributed by atoms with van der Waals surface area (Å²) in [4.78, 5) is 10.5. The SMILES string of the molecule is NC(CC1(O)C=CC(O)=CC1)C(=O)O. The number of hydrogen-bond donors (Lipinski definition) is 4. The number of carboxylic acid groups (broad SMARTS) is 1. The van der Waals surface area contributed by atoms with E-state index in [9.17, 15) is 9.90 Å². The van der Waals surface area contributed by atoms with E-state index in [-0.39, 0.29) is 18.6 Å². The van der Waals surface area contributed by atoms with E-state index in [0.717, 1.165) is 0 Å². The average molecular weight is 199 g/mol. The third-order valence-corrected chi connectivity index (χ3v) is 2.12. The first kappa shape index (κ1) is 10.7. The molecule has 78 valence electrons. The molecule has 14 heavy (non-hydrogen) atoms. The van der Waals surface area contributed by atoms with Gasteiger partial charge < -0.3 is 21.1 Å². The van der Waals surface area contributed by atoms with Gasteiger partial charge in [0.15, 0.2) is 0 Å². The molecule has 0 amide bonds. The van der Waals surface area contributed by atoms with Crippen LogP contribution in [0.4, 0.5) is 0 Å². The van der Waals surface area contributed by atoms with Gasteiger partial charge in [-0.1, -0.05) is 0 Å². The Kier molecular flexibility index (Phi) is 2.93. The summed E-state index contributed by atoms with van der Waals surface area (Å²) in [7, 11) is 0. The Morgan fingerprint density at radius 1 is 1.71 bits per heavy atom. The first-order valence-electron chi connectivity index (χ1n) is 4.22. The van der Waals surface area contributed by atoms with Gasteiger partial charge in [0.1, 0.15) is 11.8 Å². The normalized spacial score (nSPS) is 28.3. The van der Waals surface area contributed by atoms with Gasteiger partial charge in [0.2, 0.25) is 0 Å². The third kappa shape index (κ3) is 2.58. The molecule has 0 saturated heterocycles. The summed E-state index contributed by atoms with van der Waals surface area (Å²) in [6.07, 6.45) is 4.23. The van der Waals surface area contributed by atoms with Crippen LogP contribution in [0.1, 0.15) is 12.8 Å². The number of allylic oxidation sites excluding steroid dienone is 1. The molecule has 0 spiro atoms. The molecule has 0 radical (unpaired) electrons. The molecule has 0 fully saturated rings. The number of aliphatic hydroxyl groups excluding tert-OH is 1. The zero-order chi connectivity index (χ0) is 10.8. The lowest BCUT2D eigenvalue weighted by Gasteiger charge is -2.27. The molecule has 5 nitrogen and oxygen atoms in total. The lowest BCUT2D eigenvalue weighted by molar-refractivity contribution is -0.139. The van der Waals surface area contributed by atoms with E-state index in [1.165, 1.54) is 18.2 Å². The summed E-state index contributed by atoms with van der Waals surface area (Å²) in [5.41, 5.74) is 4.03. The van der Waals surface area contributed by atoms with Crippen molar-refractivity contribution >= 4 is 5.97 Å². The van der Waals surface area contributed by atoms with E-state index < -0.39 is 17.6 Å². The molecule has 0 aliphatic heterocycles. The van der Waals surface area contributed by atoms with Crippen LogP contribution in [0, 0.1) is 0 Å². The van der Waals surface area contributed by atoms with Crippen molar-refractivity contribution in [1.82, 2.24) is 0 Å². The highest BCUT2D eigenvalue weighted by molar-refractivity contribution is 5.73. The molecule has 0 saturated carbocycles. The molecule has 2 atom stereocenters. The largest absolute Gasteiger partial charge is 0.508 e. The molecular weight excluding hydrogens is 186 g/mol. The predicted octanol–water partition coefficient (Wildman–Crippen LogP) is -0.0787. The zero-order valence-corrected chi connectivity index (χ0v) is 7.55. The van der Waals surface area contributed by atoms with Crippen molar-refractivity contribution in [3.8, 4) is 0 Å². The van der Waals surface area contributed by atoms with Gasteiger partial charge in [0, 0.05) is 12.8 Å². The van der Waals surface area contributed by atoms with Crippen molar-refractivity contribution < 1.29 is 20.1 Å². The minimum absolute atomic E-state index is 0.0669. The van der Waals surface area contributed by atoms with E-state index in [4.69, 9.17) is 15.9 Å². The van der Waals surface area contributed by atoms with Crippen LogP contribution in [0.3, 0.4) is 0 Å². The predicted molar refractivity (Wildman–Crippen MR) is 49.6 cm³/mol. The number of aliphatic carboxylic acids is 1. The van der Waals surface area contributed by atoms with E-state index >= 15 is 0 Å². The van der Waals surface area contributed by atoms with Crippen molar-refractivity contribution in [2.45, 2.75) is 24.5 Å². The highest BCUT2D eigenvalue weighted by Gasteiger charge is 2.30. The Morgan fingerprint density at radius 2 is 2.36 bits per heavy atom. The van der Waals surface area contributed by atoms with E-state index in [1.54, 1.807) is 0 Å². The summed E-state index contributed by atoms with van der Waals surface area (Å²) in [5, 5.41) is 27.4. The maximum Gasteiger partial charge on any atom is 0.320 e. The van der Waals surface area contributed by atoms with Gasteiger partial charge >= 0.3 is 5.97 Å². The second-order valence-electron chi connectivity index (χ2n) is 3.42. The quantitative estimate of drug-likeness (QED) is 0.509. The molecule has 1 rings (SSSR count). The molecule has 2 unspecified atom stereocenters. The fourth-order valence-corrected chi connectivity index (χ4v) is 1.28. The van der Waals surface area contributed by atoms with Crippen molar-refractivity contribution in [1.29, 1.82) is 0 Å². The number of nitrogens with two attached hydrogens (primary N) is 1. The topological polar surface area (TPSA) is 104 Å². The monoisotopic (exact) mass is 199 g/mol. The van der Waals surface area contributed by atoms with Crippen LogP contribution in [-0.4, -0.2) is 32.9 Å². The minimum atomic E-state index is -1.26. The second-order valence-corrected chi connectivity index (χ2v) is 3.42. The summed E-state index contributed by atoms with van der Waals surface area (Å²) in [6, 6.07) is -1.10. The van der Waals surface area contributed by atoms with Gasteiger partial charge in [-0.25, -0.2) is 0 Å². The van der Waals surface area contributed by atoms with Crippen LogP contribution < -0.4 is 5.73 Å². The summed E-state index contributed by atoms with van der Waals surface area (Å²) in [5.74, 6) is -1.08. The molecule has 0 aromatic heterocycles. The van der Waals surface area contributed by atoms with Crippen LogP contribution in [0.2, 0.25) is 0 Å². The molecule has 5 N–H and O–H groups in total. The van der Waals surface area contributed by atoms with Crippen LogP contribution in [-0.2, 0) is 4.79 Å². The van der Waals surface area contributed by atoms with E-state index in [0.29, 0.717) is 0 Å². The van der Waals surface area contributed by atoms with Gasteiger partial charge in [-0.15, -0.1) is 0 Å². The molecule has 1 aliphatic carbocycles. The Balaban J connectivity index is 2.61. The average Bonchev–Trinajstić information content (AvgIpc) is 2.10. The van der Waals surface area contributed by atoms with Crippen molar-refractivity contribution in [2.24, 2.45) is 5.73 Å². The standard InChI is InChI=1S/C9H13NO4/c10-7(8(12)13)5-9(14)3-1-6(11)2-4-9/h1-3,7,11,14H,4-5,10H2,(H,12,13). The highest BCUT2D eigenvalue weighted by Crippen LogP contribution is 2.24. The van der Waals surface area contributed by atoms with Gasteiger partial charge in [0.05, 0.1) is 5.60 Å². The molecule has 5 heteroatoms. The van der Waals surface area contributed by atoms with Crippen LogP contribution >= 0.6 is 0 Å². The summed E-state index contributed by atoms with van der Waals surface area (Å²) in [6.45, 7) is 0. The first-order valence-corrected chi connectivity index (χ1v) is 4.22. The lowest BCUT2D eigenvalue weighted by atomic mass is 9.88. The minimum Gasteiger partial charge on any atom is -0.508 e. The van der Waals surface area contributed by atoms with Crippen LogP contribution in [0.15, 0.2) is 24.0 Å². The number of hydrogen-bond acceptors (Lipinski definition) is 4. The maximum absolute atomic E-state index is 10.5. The molecular formula is C9H13NO4. The smallest absolute Gasteiger partial charge is 0.320 e. The molecule has 1 aliphatic rings. The van der Waals surface area contributed by atoms with Gasteiger partial charge in [-0.2, -0.15) is 0 Å². The Hall–Kier alpha value is -1.33. The van der Waals surface area contributed by atoms with Crippen molar-refractivity contribution in [2.75, 3.05) is 0 Å². The highest BCUT2D eigenvalue weighted by atomic mass is 16.4. The third-order valence-electron chi connectivity index (χ3n) is 2.12. The van der Waals surface area contributed by atoms with Crippen LogP contribution in [0.5, 0.6) is 0 Å². The second kappa shape index (κ2) is 3.81. The van der Waals surface area contributed by atoms with E-state index in [2.05, 4.69) is 0 Å². The van der Waals surface area contributed by atoms with Gasteiger partial charge in [-0.3, -0.25) is 4.79 Å². The van der Waals surface area contributed by atoms with Crippen molar-refractivity contribution in [3.63, 3.8) is 0 Å². The number of aliphatic hydroxyl groups is 2. The van der Waals surface area contributed by atoms with Crippen molar-refractivity contribution in [3.05, 3.63) is 24.0 Å². The molecule has 0 aromatic rings. The molecule has 0 aromatic carbocycles. The summed E-state index contributed by atoms with van der Waals surface area (Å²) < 4.78 is 0. The zero-order valence-electron chi connectivity index (χ0n) is 7.55. The van der Waals surface area contributed by atoms with E-state index in [1.807, 2.05) is 0 Å². The Morgan fingerprint density at radius 3 is 2.79 bits per heavy atom.